The number of carbonyl (C=O) groups excluding carboxylic acids is 1. The second-order valence-electron chi connectivity index (χ2n) is 8.08. The number of hydrazone groups is 1. The van der Waals surface area contributed by atoms with Crippen molar-refractivity contribution in [1.82, 2.24) is 4.98 Å². The standard InChI is InChI=1S/C30H22ClN3O3S/c1-36-26-18-20(16-17-25(26)37-29(35)23-14-8-9-15-24(23)31)19-32-34-30-33-27(21-10-4-2-5-11-21)28(38-30)22-12-6-3-7-13-22/h2-19H,1H3,(H,33,34)/b32-19-. The molecule has 0 radical (unpaired) electrons. The highest BCUT2D eigenvalue weighted by Gasteiger charge is 2.16. The van der Waals surface area contributed by atoms with Crippen LogP contribution in [-0.4, -0.2) is 24.3 Å². The second kappa shape index (κ2) is 11.7. The summed E-state index contributed by atoms with van der Waals surface area (Å²) in [6.07, 6.45) is 1.65. The summed E-state index contributed by atoms with van der Waals surface area (Å²) in [6.45, 7) is 0. The van der Waals surface area contributed by atoms with E-state index in [2.05, 4.69) is 22.7 Å². The highest BCUT2D eigenvalue weighted by Crippen LogP contribution is 2.39. The van der Waals surface area contributed by atoms with Crippen molar-refractivity contribution in [3.8, 4) is 33.2 Å². The predicted molar refractivity (Wildman–Crippen MR) is 154 cm³/mol. The average molecular weight is 540 g/mol. The number of hydrogen-bond acceptors (Lipinski definition) is 7. The van der Waals surface area contributed by atoms with E-state index in [0.29, 0.717) is 15.9 Å². The third-order valence-electron chi connectivity index (χ3n) is 5.57. The number of methoxy groups -OCH3 is 1. The molecular formula is C30H22ClN3O3S. The Morgan fingerprint density at radius 2 is 1.58 bits per heavy atom. The van der Waals surface area contributed by atoms with Crippen LogP contribution in [0.3, 0.4) is 0 Å². The van der Waals surface area contributed by atoms with Gasteiger partial charge in [-0.05, 0) is 41.5 Å². The van der Waals surface area contributed by atoms with Crippen LogP contribution in [0.1, 0.15) is 15.9 Å². The number of esters is 1. The molecule has 0 amide bonds. The summed E-state index contributed by atoms with van der Waals surface area (Å²) in [5.41, 5.74) is 7.08. The molecule has 0 aliphatic heterocycles. The molecule has 38 heavy (non-hydrogen) atoms. The number of rotatable bonds is 8. The Kier molecular flexibility index (Phi) is 7.78. The van der Waals surface area contributed by atoms with E-state index in [9.17, 15) is 4.79 Å². The Labute approximate surface area is 229 Å². The van der Waals surface area contributed by atoms with Gasteiger partial charge in [0.05, 0.1) is 34.5 Å². The molecule has 0 bridgehead atoms. The fraction of sp³-hybridized carbons (Fsp3) is 0.0333. The lowest BCUT2D eigenvalue weighted by atomic mass is 10.1. The maximum atomic E-state index is 12.5. The Hall–Kier alpha value is -4.46. The first-order chi connectivity index (χ1) is 18.6. The van der Waals surface area contributed by atoms with E-state index in [-0.39, 0.29) is 11.3 Å². The van der Waals surface area contributed by atoms with Gasteiger partial charge >= 0.3 is 5.97 Å². The fourth-order valence-corrected chi connectivity index (χ4v) is 4.89. The predicted octanol–water partition coefficient (Wildman–Crippen LogP) is 7.80. The van der Waals surface area contributed by atoms with Crippen molar-refractivity contribution in [3.05, 3.63) is 119 Å². The average Bonchev–Trinajstić information content (AvgIpc) is 3.39. The van der Waals surface area contributed by atoms with Crippen LogP contribution >= 0.6 is 22.9 Å². The third-order valence-corrected chi connectivity index (χ3v) is 6.91. The zero-order valence-corrected chi connectivity index (χ0v) is 21.9. The molecule has 0 unspecified atom stereocenters. The van der Waals surface area contributed by atoms with Crippen molar-refractivity contribution in [1.29, 1.82) is 0 Å². The molecule has 6 nitrogen and oxygen atoms in total. The van der Waals surface area contributed by atoms with Gasteiger partial charge in [0.1, 0.15) is 0 Å². The zero-order valence-electron chi connectivity index (χ0n) is 20.3. The first-order valence-corrected chi connectivity index (χ1v) is 12.9. The summed E-state index contributed by atoms with van der Waals surface area (Å²) in [6, 6.07) is 32.1. The summed E-state index contributed by atoms with van der Waals surface area (Å²) in [5.74, 6) is 0.105. The summed E-state index contributed by atoms with van der Waals surface area (Å²) in [4.78, 5) is 18.4. The summed E-state index contributed by atoms with van der Waals surface area (Å²) >= 11 is 7.64. The number of ether oxygens (including phenoxy) is 2. The number of halogens is 1. The van der Waals surface area contributed by atoms with Crippen molar-refractivity contribution in [2.45, 2.75) is 0 Å². The van der Waals surface area contributed by atoms with Crippen molar-refractivity contribution >= 4 is 40.3 Å². The summed E-state index contributed by atoms with van der Waals surface area (Å²) < 4.78 is 10.9. The molecule has 0 saturated carbocycles. The van der Waals surface area contributed by atoms with Crippen LogP contribution < -0.4 is 14.9 Å². The molecular weight excluding hydrogens is 518 g/mol. The molecule has 0 aliphatic carbocycles. The number of anilines is 1. The van der Waals surface area contributed by atoms with Crippen molar-refractivity contribution in [3.63, 3.8) is 0 Å². The minimum Gasteiger partial charge on any atom is -0.493 e. The molecule has 0 aliphatic rings. The molecule has 8 heteroatoms. The minimum atomic E-state index is -0.566. The number of carbonyl (C=O) groups is 1. The molecule has 188 valence electrons. The Balaban J connectivity index is 1.34. The fourth-order valence-electron chi connectivity index (χ4n) is 3.74. The Morgan fingerprint density at radius 3 is 2.29 bits per heavy atom. The first-order valence-electron chi connectivity index (χ1n) is 11.7. The van der Waals surface area contributed by atoms with Gasteiger partial charge in [-0.15, -0.1) is 0 Å². The van der Waals surface area contributed by atoms with Crippen LogP contribution in [-0.2, 0) is 0 Å². The minimum absolute atomic E-state index is 0.277. The van der Waals surface area contributed by atoms with Crippen molar-refractivity contribution in [2.24, 2.45) is 5.10 Å². The normalized spacial score (nSPS) is 10.9. The zero-order chi connectivity index (χ0) is 26.3. The van der Waals surface area contributed by atoms with Gasteiger partial charge in [0.15, 0.2) is 11.5 Å². The lowest BCUT2D eigenvalue weighted by Gasteiger charge is -2.10. The second-order valence-corrected chi connectivity index (χ2v) is 9.48. The molecule has 5 aromatic rings. The van der Waals surface area contributed by atoms with E-state index in [0.717, 1.165) is 27.3 Å². The number of thiazole rings is 1. The van der Waals surface area contributed by atoms with Gasteiger partial charge < -0.3 is 9.47 Å². The molecule has 5 rings (SSSR count). The Bertz CT molecular complexity index is 1530. The topological polar surface area (TPSA) is 72.8 Å². The lowest BCUT2D eigenvalue weighted by Crippen LogP contribution is -2.10. The van der Waals surface area contributed by atoms with Crippen molar-refractivity contribution in [2.75, 3.05) is 12.5 Å². The number of nitrogens with one attached hydrogen (secondary N) is 1. The van der Waals surface area contributed by atoms with Crippen LogP contribution in [0.5, 0.6) is 11.5 Å². The molecule has 0 spiro atoms. The van der Waals surface area contributed by atoms with E-state index in [4.69, 9.17) is 26.1 Å². The van der Waals surface area contributed by atoms with Gasteiger partial charge in [0.25, 0.3) is 0 Å². The molecule has 0 fully saturated rings. The van der Waals surface area contributed by atoms with Crippen LogP contribution in [0.25, 0.3) is 21.7 Å². The summed E-state index contributed by atoms with van der Waals surface area (Å²) in [7, 11) is 1.51. The highest BCUT2D eigenvalue weighted by molar-refractivity contribution is 7.19. The molecule has 4 aromatic carbocycles. The largest absolute Gasteiger partial charge is 0.493 e. The SMILES string of the molecule is COc1cc(/C=N\Nc2nc(-c3ccccc3)c(-c3ccccc3)s2)ccc1OC(=O)c1ccccc1Cl. The number of benzene rings is 4. The lowest BCUT2D eigenvalue weighted by molar-refractivity contribution is 0.0730. The molecule has 0 atom stereocenters. The molecule has 1 N–H and O–H groups in total. The highest BCUT2D eigenvalue weighted by atomic mass is 35.5. The van der Waals surface area contributed by atoms with E-state index in [1.807, 2.05) is 48.5 Å². The van der Waals surface area contributed by atoms with Crippen LogP contribution in [0, 0.1) is 0 Å². The van der Waals surface area contributed by atoms with E-state index >= 15 is 0 Å². The van der Waals surface area contributed by atoms with Gasteiger partial charge in [0.2, 0.25) is 5.13 Å². The van der Waals surface area contributed by atoms with Crippen LogP contribution in [0.15, 0.2) is 108 Å². The molecule has 0 saturated heterocycles. The third kappa shape index (κ3) is 5.75. The van der Waals surface area contributed by atoms with E-state index < -0.39 is 5.97 Å². The molecule has 1 aromatic heterocycles. The van der Waals surface area contributed by atoms with E-state index in [1.165, 1.54) is 18.4 Å². The Morgan fingerprint density at radius 1 is 0.895 bits per heavy atom. The monoisotopic (exact) mass is 539 g/mol. The maximum Gasteiger partial charge on any atom is 0.345 e. The number of aromatic nitrogens is 1. The smallest absolute Gasteiger partial charge is 0.345 e. The van der Waals surface area contributed by atoms with Gasteiger partial charge in [-0.25, -0.2) is 9.78 Å². The van der Waals surface area contributed by atoms with Gasteiger partial charge in [0, 0.05) is 5.56 Å². The quantitative estimate of drug-likeness (QED) is 0.0942. The number of hydrogen-bond donors (Lipinski definition) is 1. The first kappa shape index (κ1) is 25.2. The molecule has 1 heterocycles. The van der Waals surface area contributed by atoms with Crippen LogP contribution in [0.2, 0.25) is 5.02 Å². The van der Waals surface area contributed by atoms with E-state index in [1.54, 1.807) is 48.7 Å². The van der Waals surface area contributed by atoms with Gasteiger partial charge in [-0.1, -0.05) is 95.7 Å². The maximum absolute atomic E-state index is 12.5. The number of nitrogens with zero attached hydrogens (tertiary/aromatic N) is 2. The van der Waals surface area contributed by atoms with Gasteiger partial charge in [-0.3, -0.25) is 5.43 Å². The summed E-state index contributed by atoms with van der Waals surface area (Å²) in [5, 5.41) is 5.35. The van der Waals surface area contributed by atoms with Gasteiger partial charge in [-0.2, -0.15) is 5.10 Å². The van der Waals surface area contributed by atoms with Crippen LogP contribution in [0.4, 0.5) is 5.13 Å². The van der Waals surface area contributed by atoms with Crippen molar-refractivity contribution < 1.29 is 14.3 Å².